The van der Waals surface area contributed by atoms with E-state index in [4.69, 9.17) is 4.74 Å². The summed E-state index contributed by atoms with van der Waals surface area (Å²) < 4.78 is 28.9. The average molecular weight is 464 g/mol. The summed E-state index contributed by atoms with van der Waals surface area (Å²) in [4.78, 5) is 19.6. The fourth-order valence-corrected chi connectivity index (χ4v) is 5.93. The minimum absolute atomic E-state index is 0.183. The van der Waals surface area contributed by atoms with Gasteiger partial charge in [0.15, 0.2) is 9.84 Å². The van der Waals surface area contributed by atoms with E-state index in [-0.39, 0.29) is 6.09 Å². The topological polar surface area (TPSA) is 70.2 Å². The number of piperazine rings is 1. The van der Waals surface area contributed by atoms with E-state index in [1.54, 1.807) is 12.1 Å². The van der Waals surface area contributed by atoms with Crippen molar-refractivity contribution in [3.05, 3.63) is 24.3 Å². The van der Waals surface area contributed by atoms with Gasteiger partial charge in [-0.1, -0.05) is 0 Å². The van der Waals surface area contributed by atoms with Crippen LogP contribution in [0.4, 0.5) is 10.5 Å². The summed E-state index contributed by atoms with van der Waals surface area (Å²) in [6.07, 6.45) is 5.55. The van der Waals surface area contributed by atoms with E-state index in [0.717, 1.165) is 51.3 Å². The number of likely N-dealkylation sites (tertiary alicyclic amines) is 2. The second-order valence-electron chi connectivity index (χ2n) is 10.7. The Balaban J connectivity index is 1.21. The third-order valence-corrected chi connectivity index (χ3v) is 8.17. The van der Waals surface area contributed by atoms with E-state index in [1.165, 1.54) is 19.1 Å². The standard InChI is InChI=1S/C24H37N3O4S/c1-24(2,3)31-23(28)25-12-9-18(10-13-25)11-14-26-16-21-15-20(26)17-27(21)19-5-7-22(8-6-19)32(4,29)30/h5-8,18,20-21H,9-17H2,1-4H3/t20-,21+/m1/s1. The Labute approximate surface area is 192 Å². The number of fused-ring (bicyclic) bond motifs is 2. The van der Waals surface area contributed by atoms with Crippen molar-refractivity contribution in [2.45, 2.75) is 69.0 Å². The number of hydrogen-bond donors (Lipinski definition) is 0. The van der Waals surface area contributed by atoms with Gasteiger partial charge in [-0.05, 0) is 83.2 Å². The zero-order chi connectivity index (χ0) is 23.1. The Morgan fingerprint density at radius 1 is 1.06 bits per heavy atom. The summed E-state index contributed by atoms with van der Waals surface area (Å²) in [7, 11) is -3.15. The molecule has 3 aliphatic heterocycles. The molecule has 1 amide bonds. The molecule has 32 heavy (non-hydrogen) atoms. The molecule has 3 saturated heterocycles. The first-order valence-electron chi connectivity index (χ1n) is 11.8. The maximum absolute atomic E-state index is 12.3. The lowest BCUT2D eigenvalue weighted by atomic mass is 9.93. The zero-order valence-electron chi connectivity index (χ0n) is 19.8. The van der Waals surface area contributed by atoms with Crippen LogP contribution in [0, 0.1) is 5.92 Å². The van der Waals surface area contributed by atoms with Crippen LogP contribution < -0.4 is 4.90 Å². The summed E-state index contributed by atoms with van der Waals surface area (Å²) >= 11 is 0. The second kappa shape index (κ2) is 8.86. The van der Waals surface area contributed by atoms with Crippen molar-refractivity contribution in [2.24, 2.45) is 5.92 Å². The summed E-state index contributed by atoms with van der Waals surface area (Å²) in [5, 5.41) is 0. The number of benzene rings is 1. The summed E-state index contributed by atoms with van der Waals surface area (Å²) in [6.45, 7) is 10.5. The van der Waals surface area contributed by atoms with Crippen molar-refractivity contribution in [3.8, 4) is 0 Å². The van der Waals surface area contributed by atoms with Crippen LogP contribution in [-0.4, -0.2) is 81.0 Å². The van der Waals surface area contributed by atoms with Crippen molar-refractivity contribution in [3.63, 3.8) is 0 Å². The fourth-order valence-electron chi connectivity index (χ4n) is 5.30. The van der Waals surface area contributed by atoms with Crippen LogP contribution >= 0.6 is 0 Å². The first kappa shape index (κ1) is 23.4. The van der Waals surface area contributed by atoms with Gasteiger partial charge in [0.05, 0.1) is 4.90 Å². The van der Waals surface area contributed by atoms with E-state index < -0.39 is 15.4 Å². The van der Waals surface area contributed by atoms with Crippen LogP contribution in [0.15, 0.2) is 29.2 Å². The molecule has 0 aliphatic carbocycles. The molecule has 3 aliphatic rings. The quantitative estimate of drug-likeness (QED) is 0.667. The number of hydrogen-bond acceptors (Lipinski definition) is 6. The lowest BCUT2D eigenvalue weighted by Gasteiger charge is -2.37. The first-order chi connectivity index (χ1) is 15.0. The van der Waals surface area contributed by atoms with E-state index in [2.05, 4.69) is 9.80 Å². The molecule has 2 atom stereocenters. The Morgan fingerprint density at radius 3 is 2.25 bits per heavy atom. The number of nitrogens with zero attached hydrogens (tertiary/aromatic N) is 3. The predicted molar refractivity (Wildman–Crippen MR) is 126 cm³/mol. The molecular weight excluding hydrogens is 426 g/mol. The lowest BCUT2D eigenvalue weighted by molar-refractivity contribution is 0.0177. The summed E-state index contributed by atoms with van der Waals surface area (Å²) in [5.74, 6) is 0.674. The molecule has 0 radical (unpaired) electrons. The molecule has 1 aromatic carbocycles. The number of carbonyl (C=O) groups excluding carboxylic acids is 1. The molecule has 3 fully saturated rings. The number of piperidine rings is 1. The van der Waals surface area contributed by atoms with Gasteiger partial charge in [0, 0.05) is 50.2 Å². The highest BCUT2D eigenvalue weighted by atomic mass is 32.2. The van der Waals surface area contributed by atoms with Gasteiger partial charge < -0.3 is 14.5 Å². The van der Waals surface area contributed by atoms with Crippen LogP contribution in [0.5, 0.6) is 0 Å². The van der Waals surface area contributed by atoms with Gasteiger partial charge >= 0.3 is 6.09 Å². The lowest BCUT2D eigenvalue weighted by Crippen LogP contribution is -2.47. The van der Waals surface area contributed by atoms with Crippen LogP contribution in [0.3, 0.4) is 0 Å². The fraction of sp³-hybridized carbons (Fsp3) is 0.708. The van der Waals surface area contributed by atoms with Gasteiger partial charge in [0.2, 0.25) is 0 Å². The molecule has 0 spiro atoms. The molecule has 0 saturated carbocycles. The van der Waals surface area contributed by atoms with Crippen molar-refractivity contribution in [1.82, 2.24) is 9.80 Å². The number of rotatable bonds is 5. The summed E-state index contributed by atoms with van der Waals surface area (Å²) in [5.41, 5.74) is 0.686. The zero-order valence-corrected chi connectivity index (χ0v) is 20.6. The Kier molecular flexibility index (Phi) is 6.47. The Hall–Kier alpha value is -1.80. The third kappa shape index (κ3) is 5.39. The molecule has 2 bridgehead atoms. The average Bonchev–Trinajstić information content (AvgIpc) is 3.31. The second-order valence-corrected chi connectivity index (χ2v) is 12.7. The van der Waals surface area contributed by atoms with Crippen LogP contribution in [0.1, 0.15) is 46.5 Å². The number of carbonyl (C=O) groups is 1. The highest BCUT2D eigenvalue weighted by molar-refractivity contribution is 7.90. The van der Waals surface area contributed by atoms with Gasteiger partial charge in [-0.25, -0.2) is 13.2 Å². The maximum Gasteiger partial charge on any atom is 0.410 e. The third-order valence-electron chi connectivity index (χ3n) is 7.04. The van der Waals surface area contributed by atoms with Crippen molar-refractivity contribution < 1.29 is 17.9 Å². The van der Waals surface area contributed by atoms with Gasteiger partial charge in [0.1, 0.15) is 5.60 Å². The van der Waals surface area contributed by atoms with Crippen molar-refractivity contribution in [2.75, 3.05) is 43.9 Å². The molecule has 4 rings (SSSR count). The largest absolute Gasteiger partial charge is 0.444 e. The van der Waals surface area contributed by atoms with Gasteiger partial charge in [-0.3, -0.25) is 4.90 Å². The van der Waals surface area contributed by atoms with Crippen molar-refractivity contribution in [1.29, 1.82) is 0 Å². The number of ether oxygens (including phenoxy) is 1. The van der Waals surface area contributed by atoms with Gasteiger partial charge in [-0.2, -0.15) is 0 Å². The molecule has 0 unspecified atom stereocenters. The number of amides is 1. The monoisotopic (exact) mass is 463 g/mol. The Bertz CT molecular complexity index is 918. The van der Waals surface area contributed by atoms with Gasteiger partial charge in [-0.15, -0.1) is 0 Å². The molecule has 1 aromatic rings. The molecule has 178 valence electrons. The normalized spacial score (nSPS) is 24.9. The molecular formula is C24H37N3O4S. The van der Waals surface area contributed by atoms with E-state index >= 15 is 0 Å². The van der Waals surface area contributed by atoms with E-state index in [9.17, 15) is 13.2 Å². The molecule has 3 heterocycles. The SMILES string of the molecule is CC(C)(C)OC(=O)N1CCC(CCN2C[C@@H]3C[C@@H]2CN3c2ccc(S(C)(=O)=O)cc2)CC1. The smallest absolute Gasteiger partial charge is 0.410 e. The summed E-state index contributed by atoms with van der Waals surface area (Å²) in [6, 6.07) is 8.42. The molecule has 0 N–H and O–H groups in total. The van der Waals surface area contributed by atoms with Crippen LogP contribution in [-0.2, 0) is 14.6 Å². The van der Waals surface area contributed by atoms with E-state index in [0.29, 0.717) is 22.9 Å². The predicted octanol–water partition coefficient (Wildman–Crippen LogP) is 3.39. The molecule has 8 heteroatoms. The molecule has 0 aromatic heterocycles. The van der Waals surface area contributed by atoms with Crippen LogP contribution in [0.25, 0.3) is 0 Å². The highest BCUT2D eigenvalue weighted by Crippen LogP contribution is 2.35. The maximum atomic E-state index is 12.3. The van der Waals surface area contributed by atoms with Crippen molar-refractivity contribution >= 4 is 21.6 Å². The van der Waals surface area contributed by atoms with E-state index in [1.807, 2.05) is 37.8 Å². The minimum atomic E-state index is -3.15. The van der Waals surface area contributed by atoms with Crippen LogP contribution in [0.2, 0.25) is 0 Å². The minimum Gasteiger partial charge on any atom is -0.444 e. The van der Waals surface area contributed by atoms with Gasteiger partial charge in [0.25, 0.3) is 0 Å². The highest BCUT2D eigenvalue weighted by Gasteiger charge is 2.43. The first-order valence-corrected chi connectivity index (χ1v) is 13.7. The number of anilines is 1. The Morgan fingerprint density at radius 2 is 1.72 bits per heavy atom. The number of sulfone groups is 1. The molecule has 7 nitrogen and oxygen atoms in total.